The van der Waals surface area contributed by atoms with Crippen molar-refractivity contribution in [3.8, 4) is 0 Å². The average molecular weight is 254 g/mol. The first-order valence-electron chi connectivity index (χ1n) is 5.70. The van der Waals surface area contributed by atoms with Crippen LogP contribution in [0, 0.1) is 5.92 Å². The molecule has 0 unspecified atom stereocenters. The van der Waals surface area contributed by atoms with Crippen molar-refractivity contribution >= 4 is 28.9 Å². The van der Waals surface area contributed by atoms with Crippen LogP contribution in [-0.2, 0) is 0 Å². The normalized spacial score (nSPS) is 14.6. The number of nitrogens with one attached hydrogen (secondary N) is 1. The third kappa shape index (κ3) is 3.03. The Bertz CT molecular complexity index is 444. The van der Waals surface area contributed by atoms with Crippen LogP contribution in [0.1, 0.15) is 29.6 Å². The van der Waals surface area contributed by atoms with E-state index in [0.717, 1.165) is 18.9 Å². The van der Waals surface area contributed by atoms with Gasteiger partial charge in [0.05, 0.1) is 16.3 Å². The number of nitrogen functional groups attached to an aromatic ring is 1. The van der Waals surface area contributed by atoms with Crippen molar-refractivity contribution in [3.63, 3.8) is 0 Å². The van der Waals surface area contributed by atoms with Crippen LogP contribution in [0.4, 0.5) is 11.4 Å². The van der Waals surface area contributed by atoms with E-state index in [1.54, 1.807) is 12.1 Å². The van der Waals surface area contributed by atoms with E-state index in [1.807, 2.05) is 0 Å². The van der Waals surface area contributed by atoms with Crippen molar-refractivity contribution in [2.75, 3.05) is 17.6 Å². The van der Waals surface area contributed by atoms with Gasteiger partial charge in [-0.15, -0.1) is 0 Å². The van der Waals surface area contributed by atoms with Gasteiger partial charge in [0.2, 0.25) is 0 Å². The standard InChI is InChI=1S/C12H16ClN3O/c13-10-6-8(14)5-9(12(15)17)11(10)16-4-3-7-1-2-7/h5-7,16H,1-4,14H2,(H2,15,17). The zero-order valence-corrected chi connectivity index (χ0v) is 10.3. The van der Waals surface area contributed by atoms with Crippen molar-refractivity contribution in [2.45, 2.75) is 19.3 Å². The molecule has 4 nitrogen and oxygen atoms in total. The van der Waals surface area contributed by atoms with E-state index in [-0.39, 0.29) is 0 Å². The highest BCUT2D eigenvalue weighted by Gasteiger charge is 2.21. The van der Waals surface area contributed by atoms with Crippen LogP contribution in [-0.4, -0.2) is 12.5 Å². The molecule has 1 amide bonds. The zero-order chi connectivity index (χ0) is 12.4. The third-order valence-electron chi connectivity index (χ3n) is 2.93. The number of carbonyl (C=O) groups excluding carboxylic acids is 1. The number of rotatable bonds is 5. The molecule has 92 valence electrons. The van der Waals surface area contributed by atoms with Gasteiger partial charge in [-0.05, 0) is 24.5 Å². The first-order chi connectivity index (χ1) is 8.08. The minimum Gasteiger partial charge on any atom is -0.399 e. The lowest BCUT2D eigenvalue weighted by Gasteiger charge is -2.12. The molecule has 0 aromatic heterocycles. The first kappa shape index (κ1) is 12.0. The van der Waals surface area contributed by atoms with E-state index in [9.17, 15) is 4.79 Å². The van der Waals surface area contributed by atoms with E-state index < -0.39 is 5.91 Å². The molecular formula is C12H16ClN3O. The summed E-state index contributed by atoms with van der Waals surface area (Å²) in [6.45, 7) is 0.800. The topological polar surface area (TPSA) is 81.1 Å². The second-order valence-corrected chi connectivity index (χ2v) is 4.86. The van der Waals surface area contributed by atoms with Gasteiger partial charge in [0.15, 0.2) is 0 Å². The number of primary amides is 1. The Hall–Kier alpha value is -1.42. The maximum Gasteiger partial charge on any atom is 0.250 e. The Balaban J connectivity index is 2.14. The Morgan fingerprint density at radius 2 is 2.18 bits per heavy atom. The molecule has 1 aliphatic carbocycles. The Kier molecular flexibility index (Phi) is 3.43. The number of nitrogens with two attached hydrogens (primary N) is 2. The molecule has 0 radical (unpaired) electrons. The third-order valence-corrected chi connectivity index (χ3v) is 3.23. The number of halogens is 1. The molecule has 1 aliphatic rings. The molecule has 0 bridgehead atoms. The van der Waals surface area contributed by atoms with Crippen molar-refractivity contribution in [1.82, 2.24) is 0 Å². The molecule has 0 saturated heterocycles. The smallest absolute Gasteiger partial charge is 0.250 e. The highest BCUT2D eigenvalue weighted by Crippen LogP contribution is 2.33. The lowest BCUT2D eigenvalue weighted by molar-refractivity contribution is 0.100. The summed E-state index contributed by atoms with van der Waals surface area (Å²) >= 11 is 6.06. The molecule has 0 aliphatic heterocycles. The van der Waals surface area contributed by atoms with Gasteiger partial charge in [0.1, 0.15) is 0 Å². The SMILES string of the molecule is NC(=O)c1cc(N)cc(Cl)c1NCCC1CC1. The van der Waals surface area contributed by atoms with Gasteiger partial charge in [-0.1, -0.05) is 24.4 Å². The van der Waals surface area contributed by atoms with Gasteiger partial charge in [-0.25, -0.2) is 0 Å². The number of anilines is 2. The van der Waals surface area contributed by atoms with Crippen LogP contribution < -0.4 is 16.8 Å². The minimum atomic E-state index is -0.520. The molecular weight excluding hydrogens is 238 g/mol. The molecule has 5 heteroatoms. The lowest BCUT2D eigenvalue weighted by atomic mass is 10.1. The van der Waals surface area contributed by atoms with Crippen LogP contribution in [0.5, 0.6) is 0 Å². The molecule has 17 heavy (non-hydrogen) atoms. The summed E-state index contributed by atoms with van der Waals surface area (Å²) in [5.41, 5.74) is 12.3. The molecule has 1 aromatic rings. The predicted molar refractivity (Wildman–Crippen MR) is 70.2 cm³/mol. The average Bonchev–Trinajstić information content (AvgIpc) is 3.04. The number of hydrogen-bond donors (Lipinski definition) is 3. The van der Waals surface area contributed by atoms with E-state index in [0.29, 0.717) is 22.0 Å². The summed E-state index contributed by atoms with van der Waals surface area (Å²) in [6, 6.07) is 3.17. The predicted octanol–water partition coefficient (Wildman–Crippen LogP) is 2.23. The summed E-state index contributed by atoms with van der Waals surface area (Å²) in [5.74, 6) is 0.306. The molecule has 1 aromatic carbocycles. The summed E-state index contributed by atoms with van der Waals surface area (Å²) in [6.07, 6.45) is 3.71. The molecule has 0 spiro atoms. The number of hydrogen-bond acceptors (Lipinski definition) is 3. The van der Waals surface area contributed by atoms with Gasteiger partial charge in [-0.3, -0.25) is 4.79 Å². The van der Waals surface area contributed by atoms with Crippen molar-refractivity contribution in [3.05, 3.63) is 22.7 Å². The fourth-order valence-corrected chi connectivity index (χ4v) is 2.10. The Morgan fingerprint density at radius 3 is 2.76 bits per heavy atom. The van der Waals surface area contributed by atoms with Crippen LogP contribution in [0.3, 0.4) is 0 Å². The maximum atomic E-state index is 11.3. The quantitative estimate of drug-likeness (QED) is 0.704. The van der Waals surface area contributed by atoms with Gasteiger partial charge in [-0.2, -0.15) is 0 Å². The Morgan fingerprint density at radius 1 is 1.47 bits per heavy atom. The molecule has 2 rings (SSSR count). The summed E-state index contributed by atoms with van der Waals surface area (Å²) in [5, 5.41) is 3.61. The largest absolute Gasteiger partial charge is 0.399 e. The summed E-state index contributed by atoms with van der Waals surface area (Å²) in [4.78, 5) is 11.3. The molecule has 0 atom stereocenters. The molecule has 5 N–H and O–H groups in total. The van der Waals surface area contributed by atoms with Crippen molar-refractivity contribution in [2.24, 2.45) is 11.7 Å². The second-order valence-electron chi connectivity index (χ2n) is 4.45. The summed E-state index contributed by atoms with van der Waals surface area (Å²) < 4.78 is 0. The van der Waals surface area contributed by atoms with Crippen LogP contribution in [0.2, 0.25) is 5.02 Å². The number of amides is 1. The van der Waals surface area contributed by atoms with Crippen molar-refractivity contribution in [1.29, 1.82) is 0 Å². The number of benzene rings is 1. The van der Waals surface area contributed by atoms with Crippen LogP contribution >= 0.6 is 11.6 Å². The van der Waals surface area contributed by atoms with Gasteiger partial charge >= 0.3 is 0 Å². The Labute approximate surface area is 105 Å². The number of carbonyl (C=O) groups is 1. The van der Waals surface area contributed by atoms with Gasteiger partial charge in [0.25, 0.3) is 5.91 Å². The molecule has 1 fully saturated rings. The highest BCUT2D eigenvalue weighted by molar-refractivity contribution is 6.34. The van der Waals surface area contributed by atoms with E-state index in [1.165, 1.54) is 12.8 Å². The zero-order valence-electron chi connectivity index (χ0n) is 9.50. The monoisotopic (exact) mass is 253 g/mol. The minimum absolute atomic E-state index is 0.353. The molecule has 1 saturated carbocycles. The fraction of sp³-hybridized carbons (Fsp3) is 0.417. The van der Waals surface area contributed by atoms with Crippen molar-refractivity contribution < 1.29 is 4.79 Å². The highest BCUT2D eigenvalue weighted by atomic mass is 35.5. The van der Waals surface area contributed by atoms with Gasteiger partial charge in [0, 0.05) is 12.2 Å². The van der Waals surface area contributed by atoms with E-state index >= 15 is 0 Å². The van der Waals surface area contributed by atoms with Crippen LogP contribution in [0.25, 0.3) is 0 Å². The van der Waals surface area contributed by atoms with Gasteiger partial charge < -0.3 is 16.8 Å². The summed E-state index contributed by atoms with van der Waals surface area (Å²) in [7, 11) is 0. The van der Waals surface area contributed by atoms with Crippen LogP contribution in [0.15, 0.2) is 12.1 Å². The molecule has 0 heterocycles. The maximum absolute atomic E-state index is 11.3. The second kappa shape index (κ2) is 4.84. The first-order valence-corrected chi connectivity index (χ1v) is 6.08. The fourth-order valence-electron chi connectivity index (χ4n) is 1.81. The van der Waals surface area contributed by atoms with E-state index in [2.05, 4.69) is 5.32 Å². The lowest BCUT2D eigenvalue weighted by Crippen LogP contribution is -2.16. The van der Waals surface area contributed by atoms with E-state index in [4.69, 9.17) is 23.1 Å².